The molecule has 0 aromatic heterocycles. The average Bonchev–Trinajstić information content (AvgIpc) is 2.38. The smallest absolute Gasteiger partial charge is 0.307 e. The largest absolute Gasteiger partial charge is 0.481 e. The van der Waals surface area contributed by atoms with E-state index in [1.807, 2.05) is 0 Å². The van der Waals surface area contributed by atoms with E-state index in [4.69, 9.17) is 5.11 Å². The highest BCUT2D eigenvalue weighted by atomic mass is 31.1. The summed E-state index contributed by atoms with van der Waals surface area (Å²) < 4.78 is 0. The Hall–Kier alpha value is -0.100. The molecule has 2 saturated carbocycles. The Kier molecular flexibility index (Phi) is 5.28. The highest BCUT2D eigenvalue weighted by molar-refractivity contribution is 7.60. The van der Waals surface area contributed by atoms with E-state index in [-0.39, 0.29) is 7.92 Å². The van der Waals surface area contributed by atoms with Crippen LogP contribution < -0.4 is 0 Å². The monoisotopic (exact) mass is 256 g/mol. The molecule has 2 aliphatic carbocycles. The van der Waals surface area contributed by atoms with Crippen LogP contribution in [0.2, 0.25) is 0 Å². The summed E-state index contributed by atoms with van der Waals surface area (Å²) in [6.07, 6.45) is 13.9. The van der Waals surface area contributed by atoms with Gasteiger partial charge in [0.15, 0.2) is 0 Å². The van der Waals surface area contributed by atoms with Crippen LogP contribution in [-0.4, -0.2) is 28.6 Å². The molecular formula is C14H25O2P. The summed E-state index contributed by atoms with van der Waals surface area (Å²) in [5.74, 6) is -0.549. The summed E-state index contributed by atoms with van der Waals surface area (Å²) in [4.78, 5) is 11.1. The molecule has 0 atom stereocenters. The van der Waals surface area contributed by atoms with Crippen molar-refractivity contribution in [3.63, 3.8) is 0 Å². The summed E-state index contributed by atoms with van der Waals surface area (Å²) >= 11 is 0. The van der Waals surface area contributed by atoms with Crippen molar-refractivity contribution in [1.82, 2.24) is 0 Å². The topological polar surface area (TPSA) is 37.3 Å². The van der Waals surface area contributed by atoms with E-state index < -0.39 is 5.97 Å². The van der Waals surface area contributed by atoms with Gasteiger partial charge in [-0.15, -0.1) is 0 Å². The second kappa shape index (κ2) is 6.73. The van der Waals surface area contributed by atoms with E-state index >= 15 is 0 Å². The Morgan fingerprint density at radius 2 is 1.29 bits per heavy atom. The molecule has 3 heteroatoms. The highest BCUT2D eigenvalue weighted by Gasteiger charge is 2.32. The number of rotatable bonds is 4. The summed E-state index contributed by atoms with van der Waals surface area (Å²) in [6, 6.07) is 0. The molecule has 0 unspecified atom stereocenters. The van der Waals surface area contributed by atoms with Gasteiger partial charge in [-0.05, 0) is 37.0 Å². The Bertz CT molecular complexity index is 225. The SMILES string of the molecule is O=C(O)CP(C1CCCCC1)C1CCCCC1. The third kappa shape index (κ3) is 3.95. The molecule has 2 aliphatic rings. The van der Waals surface area contributed by atoms with Crippen LogP contribution in [0.25, 0.3) is 0 Å². The molecule has 98 valence electrons. The molecule has 0 aromatic carbocycles. The zero-order chi connectivity index (χ0) is 12.1. The molecule has 2 nitrogen and oxygen atoms in total. The molecule has 0 bridgehead atoms. The van der Waals surface area contributed by atoms with E-state index in [2.05, 4.69) is 0 Å². The van der Waals surface area contributed by atoms with Crippen LogP contribution in [0.1, 0.15) is 64.2 Å². The molecule has 2 fully saturated rings. The fourth-order valence-electron chi connectivity index (χ4n) is 3.54. The first-order valence-electron chi connectivity index (χ1n) is 7.25. The molecule has 0 spiro atoms. The summed E-state index contributed by atoms with van der Waals surface area (Å²) in [6.45, 7) is 0. The van der Waals surface area contributed by atoms with Gasteiger partial charge in [0.05, 0.1) is 6.16 Å². The van der Waals surface area contributed by atoms with Gasteiger partial charge in [-0.1, -0.05) is 46.4 Å². The maximum atomic E-state index is 11.1. The number of aliphatic carboxylic acids is 1. The quantitative estimate of drug-likeness (QED) is 0.765. The van der Waals surface area contributed by atoms with Crippen LogP contribution in [0.15, 0.2) is 0 Å². The van der Waals surface area contributed by atoms with Crippen molar-refractivity contribution in [2.45, 2.75) is 75.5 Å². The first kappa shape index (κ1) is 13.3. The third-order valence-electron chi connectivity index (χ3n) is 4.41. The average molecular weight is 256 g/mol. The van der Waals surface area contributed by atoms with Gasteiger partial charge in [0, 0.05) is 0 Å². The zero-order valence-corrected chi connectivity index (χ0v) is 11.6. The standard InChI is InChI=1S/C14H25O2P/c15-14(16)11-17(12-7-3-1-4-8-12)13-9-5-2-6-10-13/h12-13H,1-11H2,(H,15,16). The van der Waals surface area contributed by atoms with Gasteiger partial charge in [-0.3, -0.25) is 4.79 Å². The van der Waals surface area contributed by atoms with Crippen molar-refractivity contribution >= 4 is 13.9 Å². The van der Waals surface area contributed by atoms with Crippen molar-refractivity contribution in [3.8, 4) is 0 Å². The van der Waals surface area contributed by atoms with Gasteiger partial charge in [0.2, 0.25) is 0 Å². The van der Waals surface area contributed by atoms with Crippen LogP contribution in [-0.2, 0) is 4.79 Å². The maximum Gasteiger partial charge on any atom is 0.307 e. The number of hydrogen-bond acceptors (Lipinski definition) is 1. The van der Waals surface area contributed by atoms with Crippen LogP contribution in [0.5, 0.6) is 0 Å². The van der Waals surface area contributed by atoms with E-state index in [0.29, 0.717) is 6.16 Å². The minimum Gasteiger partial charge on any atom is -0.481 e. The van der Waals surface area contributed by atoms with Crippen LogP contribution in [0, 0.1) is 0 Å². The molecule has 0 heterocycles. The highest BCUT2D eigenvalue weighted by Crippen LogP contribution is 2.55. The van der Waals surface area contributed by atoms with E-state index in [9.17, 15) is 4.79 Å². The first-order chi connectivity index (χ1) is 8.27. The zero-order valence-electron chi connectivity index (χ0n) is 10.7. The number of hydrogen-bond donors (Lipinski definition) is 1. The molecule has 0 radical (unpaired) electrons. The molecule has 2 rings (SSSR count). The fraction of sp³-hybridized carbons (Fsp3) is 0.929. The van der Waals surface area contributed by atoms with Crippen LogP contribution in [0.3, 0.4) is 0 Å². The third-order valence-corrected chi connectivity index (χ3v) is 7.95. The minimum atomic E-state index is -0.549. The van der Waals surface area contributed by atoms with Crippen molar-refractivity contribution in [1.29, 1.82) is 0 Å². The van der Waals surface area contributed by atoms with E-state index in [1.165, 1.54) is 64.2 Å². The van der Waals surface area contributed by atoms with Crippen LogP contribution in [0.4, 0.5) is 0 Å². The molecule has 0 aliphatic heterocycles. The first-order valence-corrected chi connectivity index (χ1v) is 8.91. The Morgan fingerprint density at radius 1 is 0.882 bits per heavy atom. The molecule has 0 amide bonds. The van der Waals surface area contributed by atoms with Gasteiger partial charge in [-0.25, -0.2) is 0 Å². The van der Waals surface area contributed by atoms with Crippen molar-refractivity contribution in [3.05, 3.63) is 0 Å². The number of carboxylic acids is 1. The minimum absolute atomic E-state index is 0.236. The Labute approximate surface area is 106 Å². The molecule has 17 heavy (non-hydrogen) atoms. The predicted molar refractivity (Wildman–Crippen MR) is 73.2 cm³/mol. The van der Waals surface area contributed by atoms with Gasteiger partial charge < -0.3 is 5.11 Å². The lowest BCUT2D eigenvalue weighted by Gasteiger charge is -2.37. The fourth-order valence-corrected chi connectivity index (χ4v) is 7.02. The van der Waals surface area contributed by atoms with Gasteiger partial charge in [0.1, 0.15) is 0 Å². The predicted octanol–water partition coefficient (Wildman–Crippen LogP) is 4.22. The van der Waals surface area contributed by atoms with Gasteiger partial charge in [-0.2, -0.15) is 0 Å². The normalized spacial score (nSPS) is 24.1. The van der Waals surface area contributed by atoms with E-state index in [0.717, 1.165) is 11.3 Å². The van der Waals surface area contributed by atoms with Crippen molar-refractivity contribution in [2.24, 2.45) is 0 Å². The van der Waals surface area contributed by atoms with Crippen molar-refractivity contribution < 1.29 is 9.90 Å². The molecule has 1 N–H and O–H groups in total. The van der Waals surface area contributed by atoms with Crippen molar-refractivity contribution in [2.75, 3.05) is 6.16 Å². The molecular weight excluding hydrogens is 231 g/mol. The lowest BCUT2D eigenvalue weighted by molar-refractivity contribution is -0.134. The second-order valence-corrected chi connectivity index (χ2v) is 8.46. The molecule has 0 saturated heterocycles. The molecule has 0 aromatic rings. The Morgan fingerprint density at radius 3 is 1.65 bits per heavy atom. The van der Waals surface area contributed by atoms with Crippen LogP contribution >= 0.6 is 7.92 Å². The van der Waals surface area contributed by atoms with Gasteiger partial charge >= 0.3 is 5.97 Å². The lowest BCUT2D eigenvalue weighted by atomic mass is 9.99. The maximum absolute atomic E-state index is 11.1. The van der Waals surface area contributed by atoms with E-state index in [1.54, 1.807) is 0 Å². The number of carbonyl (C=O) groups is 1. The summed E-state index contributed by atoms with van der Waals surface area (Å²) in [7, 11) is -0.236. The van der Waals surface area contributed by atoms with Gasteiger partial charge in [0.25, 0.3) is 0 Å². The summed E-state index contributed by atoms with van der Waals surface area (Å²) in [5, 5.41) is 9.16. The Balaban J connectivity index is 1.97. The second-order valence-electron chi connectivity index (χ2n) is 5.65. The number of carboxylic acid groups (broad SMARTS) is 1. The summed E-state index contributed by atoms with van der Waals surface area (Å²) in [5.41, 5.74) is 1.55. The lowest BCUT2D eigenvalue weighted by Crippen LogP contribution is -2.24.